The number of aryl methyl sites for hydroxylation is 1. The Kier molecular flexibility index (Phi) is 4.30. The molecular formula is C17H17FN2O3. The Morgan fingerprint density at radius 1 is 1.52 bits per heavy atom. The van der Waals surface area contributed by atoms with E-state index in [4.69, 9.17) is 9.84 Å². The monoisotopic (exact) mass is 316 g/mol. The first kappa shape index (κ1) is 15.5. The van der Waals surface area contributed by atoms with Crippen molar-refractivity contribution >= 4 is 16.9 Å². The van der Waals surface area contributed by atoms with Gasteiger partial charge in [-0.2, -0.15) is 5.26 Å². The molecule has 1 aromatic carbocycles. The topological polar surface area (TPSA) is 86.1 Å². The average Bonchev–Trinajstić information content (AvgIpc) is 2.93. The van der Waals surface area contributed by atoms with E-state index >= 15 is 0 Å². The first-order valence-electron chi connectivity index (χ1n) is 7.61. The number of H-pyrrole nitrogens is 1. The van der Waals surface area contributed by atoms with Gasteiger partial charge < -0.3 is 14.8 Å². The average molecular weight is 316 g/mol. The summed E-state index contributed by atoms with van der Waals surface area (Å²) in [6.45, 7) is 0.0319. The lowest BCUT2D eigenvalue weighted by molar-refractivity contribution is -0.140. The molecule has 1 unspecified atom stereocenters. The van der Waals surface area contributed by atoms with Gasteiger partial charge in [-0.25, -0.2) is 0 Å². The number of aromatic amines is 1. The molecule has 0 radical (unpaired) electrons. The van der Waals surface area contributed by atoms with Crippen LogP contribution >= 0.6 is 0 Å². The zero-order chi connectivity index (χ0) is 16.4. The standard InChI is InChI=1S/C17H17FN2O3/c18-6-1-2-10-3-4-11(9-19)15-12-5-7-23-13(8-14(21)22)17(12)20-16(10)15/h3-4,13,20H,1-2,5-8H2,(H,21,22). The molecule has 3 rings (SSSR count). The zero-order valence-corrected chi connectivity index (χ0v) is 12.6. The molecule has 0 saturated carbocycles. The lowest BCUT2D eigenvalue weighted by atomic mass is 9.96. The Labute approximate surface area is 132 Å². The molecule has 2 N–H and O–H groups in total. The number of aromatic nitrogens is 1. The summed E-state index contributed by atoms with van der Waals surface area (Å²) in [4.78, 5) is 14.3. The Balaban J connectivity index is 2.16. The fourth-order valence-corrected chi connectivity index (χ4v) is 3.25. The highest BCUT2D eigenvalue weighted by molar-refractivity contribution is 5.93. The van der Waals surface area contributed by atoms with Gasteiger partial charge in [-0.3, -0.25) is 9.18 Å². The number of ether oxygens (including phenoxy) is 1. The molecule has 0 fully saturated rings. The minimum Gasteiger partial charge on any atom is -0.481 e. The number of hydrogen-bond donors (Lipinski definition) is 2. The van der Waals surface area contributed by atoms with Gasteiger partial charge in [0.25, 0.3) is 0 Å². The number of carbonyl (C=O) groups is 1. The smallest absolute Gasteiger partial charge is 0.306 e. The number of carboxylic acid groups (broad SMARTS) is 1. The first-order valence-corrected chi connectivity index (χ1v) is 7.61. The number of carboxylic acids is 1. The normalized spacial score (nSPS) is 17.0. The minimum atomic E-state index is -0.931. The van der Waals surface area contributed by atoms with Crippen molar-refractivity contribution in [1.29, 1.82) is 5.26 Å². The maximum absolute atomic E-state index is 12.5. The van der Waals surface area contributed by atoms with Crippen LogP contribution in [0.3, 0.4) is 0 Å². The second-order valence-corrected chi connectivity index (χ2v) is 5.65. The number of benzene rings is 1. The molecular weight excluding hydrogens is 299 g/mol. The molecule has 1 aromatic heterocycles. The summed E-state index contributed by atoms with van der Waals surface area (Å²) in [7, 11) is 0. The van der Waals surface area contributed by atoms with Gasteiger partial charge in [0.15, 0.2) is 0 Å². The highest BCUT2D eigenvalue weighted by Gasteiger charge is 2.28. The molecule has 6 heteroatoms. The Bertz CT molecular complexity index is 791. The third kappa shape index (κ3) is 2.80. The van der Waals surface area contributed by atoms with Gasteiger partial charge in [0.2, 0.25) is 0 Å². The number of alkyl halides is 1. The van der Waals surface area contributed by atoms with E-state index in [1.165, 1.54) is 0 Å². The van der Waals surface area contributed by atoms with Crippen molar-refractivity contribution in [3.63, 3.8) is 0 Å². The predicted octanol–water partition coefficient (Wildman–Crippen LogP) is 3.03. The van der Waals surface area contributed by atoms with E-state index in [1.54, 1.807) is 6.07 Å². The summed E-state index contributed by atoms with van der Waals surface area (Å²) in [5.41, 5.74) is 4.00. The van der Waals surface area contributed by atoms with Crippen LogP contribution in [0.4, 0.5) is 4.39 Å². The summed E-state index contributed by atoms with van der Waals surface area (Å²) in [5, 5.41) is 19.3. The number of fused-ring (bicyclic) bond motifs is 3. The van der Waals surface area contributed by atoms with Gasteiger partial charge in [0.1, 0.15) is 6.10 Å². The molecule has 2 aromatic rings. The van der Waals surface area contributed by atoms with Gasteiger partial charge >= 0.3 is 5.97 Å². The molecule has 0 bridgehead atoms. The van der Waals surface area contributed by atoms with Crippen molar-refractivity contribution in [2.24, 2.45) is 0 Å². The van der Waals surface area contributed by atoms with Crippen LogP contribution in [0.5, 0.6) is 0 Å². The highest BCUT2D eigenvalue weighted by Crippen LogP contribution is 2.37. The summed E-state index contributed by atoms with van der Waals surface area (Å²) >= 11 is 0. The molecule has 1 aliphatic heterocycles. The van der Waals surface area contributed by atoms with E-state index in [0.29, 0.717) is 31.4 Å². The number of nitrogens with zero attached hydrogens (tertiary/aromatic N) is 1. The largest absolute Gasteiger partial charge is 0.481 e. The van der Waals surface area contributed by atoms with Gasteiger partial charge in [-0.1, -0.05) is 6.07 Å². The van der Waals surface area contributed by atoms with Crippen LogP contribution < -0.4 is 0 Å². The number of halogens is 1. The summed E-state index contributed by atoms with van der Waals surface area (Å²) < 4.78 is 18.1. The van der Waals surface area contributed by atoms with Crippen molar-refractivity contribution in [3.8, 4) is 6.07 Å². The van der Waals surface area contributed by atoms with E-state index in [9.17, 15) is 14.4 Å². The van der Waals surface area contributed by atoms with Crippen molar-refractivity contribution in [3.05, 3.63) is 34.5 Å². The molecule has 0 saturated heterocycles. The number of nitriles is 1. The maximum Gasteiger partial charge on any atom is 0.306 e. The quantitative estimate of drug-likeness (QED) is 0.887. The Hall–Kier alpha value is -2.39. The van der Waals surface area contributed by atoms with E-state index in [-0.39, 0.29) is 6.42 Å². The molecule has 23 heavy (non-hydrogen) atoms. The van der Waals surface area contributed by atoms with Crippen molar-refractivity contribution in [1.82, 2.24) is 4.98 Å². The second kappa shape index (κ2) is 6.39. The lowest BCUT2D eigenvalue weighted by Gasteiger charge is -2.22. The molecule has 0 amide bonds. The number of hydrogen-bond acceptors (Lipinski definition) is 3. The SMILES string of the molecule is N#Cc1ccc(CCCF)c2[nH]c3c(c12)CCOC3CC(=O)O. The van der Waals surface area contributed by atoms with E-state index in [2.05, 4.69) is 11.1 Å². The molecule has 2 heterocycles. The lowest BCUT2D eigenvalue weighted by Crippen LogP contribution is -2.18. The molecule has 1 aliphatic rings. The fourth-order valence-electron chi connectivity index (χ4n) is 3.25. The molecule has 0 spiro atoms. The van der Waals surface area contributed by atoms with Gasteiger partial charge in [-0.15, -0.1) is 0 Å². The van der Waals surface area contributed by atoms with E-state index in [1.807, 2.05) is 6.07 Å². The number of nitrogens with one attached hydrogen (secondary N) is 1. The van der Waals surface area contributed by atoms with E-state index in [0.717, 1.165) is 27.7 Å². The van der Waals surface area contributed by atoms with Crippen LogP contribution in [0.15, 0.2) is 12.1 Å². The van der Waals surface area contributed by atoms with E-state index < -0.39 is 18.7 Å². The summed E-state index contributed by atoms with van der Waals surface area (Å²) in [6.07, 6.45) is 0.959. The fraction of sp³-hybridized carbons (Fsp3) is 0.412. The molecule has 1 atom stereocenters. The highest BCUT2D eigenvalue weighted by atomic mass is 19.1. The summed E-state index contributed by atoms with van der Waals surface area (Å²) in [6, 6.07) is 5.79. The van der Waals surface area contributed by atoms with Crippen LogP contribution in [0, 0.1) is 11.3 Å². The Morgan fingerprint density at radius 3 is 3.04 bits per heavy atom. The van der Waals surface area contributed by atoms with Crippen LogP contribution in [0.25, 0.3) is 10.9 Å². The number of rotatable bonds is 5. The van der Waals surface area contributed by atoms with Crippen molar-refractivity contribution < 1.29 is 19.0 Å². The van der Waals surface area contributed by atoms with Crippen LogP contribution in [-0.2, 0) is 22.4 Å². The first-order chi connectivity index (χ1) is 11.2. The van der Waals surface area contributed by atoms with Gasteiger partial charge in [0.05, 0.1) is 36.9 Å². The molecule has 120 valence electrons. The summed E-state index contributed by atoms with van der Waals surface area (Å²) in [5.74, 6) is -0.931. The van der Waals surface area contributed by atoms with Crippen LogP contribution in [0.2, 0.25) is 0 Å². The third-order valence-corrected chi connectivity index (χ3v) is 4.23. The van der Waals surface area contributed by atoms with Crippen molar-refractivity contribution in [2.45, 2.75) is 31.8 Å². The Morgan fingerprint density at radius 2 is 2.35 bits per heavy atom. The molecule has 5 nitrogen and oxygen atoms in total. The zero-order valence-electron chi connectivity index (χ0n) is 12.6. The number of aliphatic carboxylic acids is 1. The molecule has 0 aliphatic carbocycles. The van der Waals surface area contributed by atoms with Crippen LogP contribution in [-0.4, -0.2) is 29.3 Å². The van der Waals surface area contributed by atoms with Crippen LogP contribution in [0.1, 0.15) is 41.3 Å². The van der Waals surface area contributed by atoms with Crippen molar-refractivity contribution in [2.75, 3.05) is 13.3 Å². The minimum absolute atomic E-state index is 0.123. The predicted molar refractivity (Wildman–Crippen MR) is 82.0 cm³/mol. The second-order valence-electron chi connectivity index (χ2n) is 5.65. The van der Waals surface area contributed by atoms with Gasteiger partial charge in [-0.05, 0) is 36.5 Å². The van der Waals surface area contributed by atoms with Gasteiger partial charge in [0, 0.05) is 11.1 Å². The third-order valence-electron chi connectivity index (χ3n) is 4.23. The maximum atomic E-state index is 12.5.